The normalized spacial score (nSPS) is 26.2. The first-order chi connectivity index (χ1) is 7.90. The highest BCUT2D eigenvalue weighted by Crippen LogP contribution is 2.34. The van der Waals surface area contributed by atoms with Gasteiger partial charge in [-0.15, -0.1) is 0 Å². The van der Waals surface area contributed by atoms with Crippen molar-refractivity contribution in [1.29, 1.82) is 0 Å². The molecule has 0 heterocycles. The molecule has 0 saturated carbocycles. The zero-order valence-electron chi connectivity index (χ0n) is 10.8. The zero-order valence-corrected chi connectivity index (χ0v) is 10.8. The molecule has 3 aliphatic carbocycles. The second kappa shape index (κ2) is 6.27. The van der Waals surface area contributed by atoms with Gasteiger partial charge in [-0.3, -0.25) is 0 Å². The lowest BCUT2D eigenvalue weighted by Gasteiger charge is -2.25. The quantitative estimate of drug-likeness (QED) is 0.556. The summed E-state index contributed by atoms with van der Waals surface area (Å²) in [5.41, 5.74) is 3.49. The maximum Gasteiger partial charge on any atom is -0.00204 e. The van der Waals surface area contributed by atoms with Gasteiger partial charge in [-0.05, 0) is 44.4 Å². The van der Waals surface area contributed by atoms with Gasteiger partial charge in [-0.2, -0.15) is 0 Å². The van der Waals surface area contributed by atoms with Gasteiger partial charge in [0.05, 0.1) is 0 Å². The molecule has 0 amide bonds. The number of allylic oxidation sites excluding steroid dienone is 4. The van der Waals surface area contributed by atoms with Crippen molar-refractivity contribution >= 4 is 0 Å². The number of hydrogen-bond acceptors (Lipinski definition) is 0. The summed E-state index contributed by atoms with van der Waals surface area (Å²) in [5, 5.41) is 0. The van der Waals surface area contributed by atoms with Gasteiger partial charge < -0.3 is 0 Å². The summed E-state index contributed by atoms with van der Waals surface area (Å²) in [7, 11) is 0. The highest BCUT2D eigenvalue weighted by molar-refractivity contribution is 5.25. The lowest BCUT2D eigenvalue weighted by molar-refractivity contribution is 0.543. The molecule has 0 fully saturated rings. The minimum absolute atomic E-state index is 0.807. The van der Waals surface area contributed by atoms with Gasteiger partial charge in [0.15, 0.2) is 0 Å². The highest BCUT2D eigenvalue weighted by Gasteiger charge is 2.17. The van der Waals surface area contributed by atoms with Crippen LogP contribution >= 0.6 is 0 Å². The first kappa shape index (κ1) is 12.0. The van der Waals surface area contributed by atoms with Crippen molar-refractivity contribution in [3.63, 3.8) is 0 Å². The Bertz CT molecular complexity index is 270. The van der Waals surface area contributed by atoms with Gasteiger partial charge in [0.25, 0.3) is 0 Å². The lowest BCUT2D eigenvalue weighted by Crippen LogP contribution is -2.08. The molecule has 3 rings (SSSR count). The summed E-state index contributed by atoms with van der Waals surface area (Å²) in [5.74, 6) is 0.807. The number of hydrogen-bond donors (Lipinski definition) is 0. The fourth-order valence-electron chi connectivity index (χ4n) is 3.07. The third-order valence-corrected chi connectivity index (χ3v) is 4.12. The molecule has 0 N–H and O–H groups in total. The zero-order chi connectivity index (χ0) is 11.2. The van der Waals surface area contributed by atoms with Crippen LogP contribution in [0.4, 0.5) is 0 Å². The molecule has 0 aliphatic heterocycles. The Balaban J connectivity index is 2.03. The SMILES string of the molecule is CCCC[C@@H]1C=C2CC=C1CCCCCC2. The number of rotatable bonds is 3. The molecule has 0 nitrogen and oxygen atoms in total. The predicted octanol–water partition coefficient (Wildman–Crippen LogP) is 5.40. The molecule has 0 radical (unpaired) electrons. The van der Waals surface area contributed by atoms with Gasteiger partial charge in [0.1, 0.15) is 0 Å². The van der Waals surface area contributed by atoms with Crippen LogP contribution in [0.3, 0.4) is 0 Å². The molecule has 0 spiro atoms. The Hall–Kier alpha value is -0.520. The molecule has 0 heteroatoms. The third kappa shape index (κ3) is 3.23. The fraction of sp³-hybridized carbons (Fsp3) is 0.750. The van der Waals surface area contributed by atoms with E-state index < -0.39 is 0 Å². The van der Waals surface area contributed by atoms with E-state index in [0.29, 0.717) is 0 Å². The van der Waals surface area contributed by atoms with E-state index in [4.69, 9.17) is 0 Å². The largest absolute Gasteiger partial charge is 0.0807 e. The molecule has 0 unspecified atom stereocenters. The minimum atomic E-state index is 0.807. The molecule has 0 aromatic heterocycles. The van der Waals surface area contributed by atoms with Gasteiger partial charge in [-0.1, -0.05) is 55.9 Å². The van der Waals surface area contributed by atoms with Gasteiger partial charge in [0.2, 0.25) is 0 Å². The van der Waals surface area contributed by atoms with Crippen molar-refractivity contribution in [2.45, 2.75) is 71.1 Å². The van der Waals surface area contributed by atoms with E-state index in [-0.39, 0.29) is 0 Å². The minimum Gasteiger partial charge on any atom is -0.0807 e. The van der Waals surface area contributed by atoms with Crippen LogP contribution in [0.5, 0.6) is 0 Å². The maximum atomic E-state index is 2.62. The summed E-state index contributed by atoms with van der Waals surface area (Å²) >= 11 is 0. The first-order valence-corrected chi connectivity index (χ1v) is 7.28. The van der Waals surface area contributed by atoms with E-state index in [1.54, 1.807) is 11.1 Å². The molecule has 1 atom stereocenters. The molecular formula is C16H26. The van der Waals surface area contributed by atoms with Crippen molar-refractivity contribution in [1.82, 2.24) is 0 Å². The van der Waals surface area contributed by atoms with E-state index >= 15 is 0 Å². The highest BCUT2D eigenvalue weighted by atomic mass is 14.2. The van der Waals surface area contributed by atoms with Crippen molar-refractivity contribution in [2.24, 2.45) is 5.92 Å². The van der Waals surface area contributed by atoms with E-state index in [9.17, 15) is 0 Å². The Morgan fingerprint density at radius 1 is 1.12 bits per heavy atom. The van der Waals surface area contributed by atoms with Crippen LogP contribution in [0.2, 0.25) is 0 Å². The molecule has 90 valence electrons. The molecule has 16 heavy (non-hydrogen) atoms. The monoisotopic (exact) mass is 218 g/mol. The maximum absolute atomic E-state index is 2.62. The summed E-state index contributed by atoms with van der Waals surface area (Å²) in [6, 6.07) is 0. The number of unbranched alkanes of at least 4 members (excludes halogenated alkanes) is 1. The molecule has 0 aromatic carbocycles. The average molecular weight is 218 g/mol. The van der Waals surface area contributed by atoms with E-state index in [0.717, 1.165) is 5.92 Å². The Morgan fingerprint density at radius 2 is 1.94 bits per heavy atom. The molecule has 2 bridgehead atoms. The van der Waals surface area contributed by atoms with Crippen molar-refractivity contribution in [2.75, 3.05) is 0 Å². The van der Waals surface area contributed by atoms with Crippen LogP contribution in [-0.2, 0) is 0 Å². The smallest absolute Gasteiger partial charge is 0.00204 e. The standard InChI is InChI=1S/C16H26/c1-2-3-9-16-13-14-8-6-4-5-7-10-15(16)12-11-14/h12-13,16H,2-11H2,1H3/t16-/m1/s1. The van der Waals surface area contributed by atoms with Gasteiger partial charge in [-0.25, -0.2) is 0 Å². The van der Waals surface area contributed by atoms with Crippen LogP contribution in [0, 0.1) is 5.92 Å². The fourth-order valence-corrected chi connectivity index (χ4v) is 3.07. The van der Waals surface area contributed by atoms with Crippen LogP contribution in [0.15, 0.2) is 23.3 Å². The van der Waals surface area contributed by atoms with E-state index in [2.05, 4.69) is 19.1 Å². The molecule has 0 saturated heterocycles. The second-order valence-corrected chi connectivity index (χ2v) is 5.47. The summed E-state index contributed by atoms with van der Waals surface area (Å²) in [6.45, 7) is 2.31. The van der Waals surface area contributed by atoms with Crippen LogP contribution < -0.4 is 0 Å². The van der Waals surface area contributed by atoms with E-state index in [1.807, 2.05) is 0 Å². The van der Waals surface area contributed by atoms with Gasteiger partial charge >= 0.3 is 0 Å². The van der Waals surface area contributed by atoms with Crippen molar-refractivity contribution in [3.8, 4) is 0 Å². The van der Waals surface area contributed by atoms with E-state index in [1.165, 1.54) is 64.2 Å². The lowest BCUT2D eigenvalue weighted by atomic mass is 9.81. The predicted molar refractivity (Wildman–Crippen MR) is 71.5 cm³/mol. The van der Waals surface area contributed by atoms with Crippen molar-refractivity contribution < 1.29 is 0 Å². The summed E-state index contributed by atoms with van der Waals surface area (Å²) < 4.78 is 0. The Kier molecular flexibility index (Phi) is 4.69. The molecule has 3 aliphatic rings. The Labute approximate surface area is 101 Å². The van der Waals surface area contributed by atoms with Crippen LogP contribution in [0.25, 0.3) is 0 Å². The van der Waals surface area contributed by atoms with Gasteiger partial charge in [0, 0.05) is 0 Å². The topological polar surface area (TPSA) is 0 Å². The third-order valence-electron chi connectivity index (χ3n) is 4.12. The van der Waals surface area contributed by atoms with Crippen molar-refractivity contribution in [3.05, 3.63) is 23.3 Å². The Morgan fingerprint density at radius 3 is 2.75 bits per heavy atom. The number of fused-ring (bicyclic) bond motifs is 7. The van der Waals surface area contributed by atoms with Crippen LogP contribution in [-0.4, -0.2) is 0 Å². The average Bonchev–Trinajstić information content (AvgIpc) is 2.34. The summed E-state index contributed by atoms with van der Waals surface area (Å²) in [4.78, 5) is 0. The van der Waals surface area contributed by atoms with Crippen LogP contribution in [0.1, 0.15) is 71.1 Å². The molecular weight excluding hydrogens is 192 g/mol. The second-order valence-electron chi connectivity index (χ2n) is 5.47. The first-order valence-electron chi connectivity index (χ1n) is 7.28. The summed E-state index contributed by atoms with van der Waals surface area (Å²) in [6.07, 6.45) is 19.1. The molecule has 0 aromatic rings.